The van der Waals surface area contributed by atoms with Gasteiger partial charge in [-0.05, 0) is 19.3 Å². The van der Waals surface area contributed by atoms with Gasteiger partial charge in [0.25, 0.3) is 0 Å². The summed E-state index contributed by atoms with van der Waals surface area (Å²) in [6, 6.07) is 0. The van der Waals surface area contributed by atoms with E-state index in [1.165, 1.54) is 19.1 Å². The van der Waals surface area contributed by atoms with Gasteiger partial charge < -0.3 is 4.74 Å². The van der Waals surface area contributed by atoms with E-state index in [4.69, 9.17) is 9.57 Å². The van der Waals surface area contributed by atoms with E-state index in [-0.39, 0.29) is 18.0 Å². The molecule has 0 aliphatic carbocycles. The number of hydroxylamine groups is 2. The Morgan fingerprint density at radius 3 is 2.35 bits per heavy atom. The minimum absolute atomic E-state index is 0.00841. The SMILES string of the molecule is C=C[C@H](CCCCCCCC(=O)N(C)OC)OC(C)=O. The van der Waals surface area contributed by atoms with Crippen molar-refractivity contribution in [2.45, 2.75) is 58.0 Å². The third kappa shape index (κ3) is 9.55. The Hall–Kier alpha value is -1.36. The molecule has 116 valence electrons. The summed E-state index contributed by atoms with van der Waals surface area (Å²) < 4.78 is 5.08. The van der Waals surface area contributed by atoms with Crippen molar-refractivity contribution >= 4 is 11.9 Å². The molecule has 0 fully saturated rings. The highest BCUT2D eigenvalue weighted by Gasteiger charge is 2.08. The highest BCUT2D eigenvalue weighted by molar-refractivity contribution is 5.74. The number of ether oxygens (including phenoxy) is 1. The van der Waals surface area contributed by atoms with Crippen molar-refractivity contribution < 1.29 is 19.2 Å². The maximum atomic E-state index is 11.4. The Morgan fingerprint density at radius 2 is 1.80 bits per heavy atom. The molecular formula is C15H27NO4. The molecule has 0 spiro atoms. The number of amides is 1. The molecule has 1 amide bonds. The van der Waals surface area contributed by atoms with Crippen LogP contribution in [0.4, 0.5) is 0 Å². The predicted molar refractivity (Wildman–Crippen MR) is 77.8 cm³/mol. The molecule has 0 N–H and O–H groups in total. The fourth-order valence-electron chi connectivity index (χ4n) is 1.85. The van der Waals surface area contributed by atoms with Crippen LogP contribution in [-0.4, -0.2) is 37.2 Å². The molecule has 1 atom stereocenters. The van der Waals surface area contributed by atoms with E-state index in [1.54, 1.807) is 13.1 Å². The summed E-state index contributed by atoms with van der Waals surface area (Å²) in [6.07, 6.45) is 7.87. The summed E-state index contributed by atoms with van der Waals surface area (Å²) in [4.78, 5) is 27.1. The average molecular weight is 285 g/mol. The van der Waals surface area contributed by atoms with Crippen LogP contribution in [0.15, 0.2) is 12.7 Å². The molecule has 0 aromatic rings. The third-order valence-electron chi connectivity index (χ3n) is 3.08. The zero-order chi connectivity index (χ0) is 15.4. The molecule has 0 saturated heterocycles. The monoisotopic (exact) mass is 285 g/mol. The highest BCUT2D eigenvalue weighted by Crippen LogP contribution is 2.11. The van der Waals surface area contributed by atoms with Gasteiger partial charge in [0.15, 0.2) is 0 Å². The zero-order valence-corrected chi connectivity index (χ0v) is 12.9. The van der Waals surface area contributed by atoms with Gasteiger partial charge in [0, 0.05) is 20.4 Å². The van der Waals surface area contributed by atoms with Crippen molar-refractivity contribution in [2.24, 2.45) is 0 Å². The smallest absolute Gasteiger partial charge is 0.303 e. The molecule has 0 radical (unpaired) electrons. The first-order valence-electron chi connectivity index (χ1n) is 7.11. The van der Waals surface area contributed by atoms with Crippen LogP contribution in [0, 0.1) is 0 Å². The van der Waals surface area contributed by atoms with Gasteiger partial charge in [0.1, 0.15) is 6.10 Å². The van der Waals surface area contributed by atoms with E-state index in [0.29, 0.717) is 6.42 Å². The number of rotatable bonds is 11. The number of hydrogen-bond acceptors (Lipinski definition) is 4. The largest absolute Gasteiger partial charge is 0.458 e. The lowest BCUT2D eigenvalue weighted by Crippen LogP contribution is -2.24. The lowest BCUT2D eigenvalue weighted by Gasteiger charge is -2.13. The first-order valence-corrected chi connectivity index (χ1v) is 7.11. The summed E-state index contributed by atoms with van der Waals surface area (Å²) in [5, 5.41) is 1.26. The number of carbonyl (C=O) groups excluding carboxylic acids is 2. The van der Waals surface area contributed by atoms with Crippen molar-refractivity contribution in [3.05, 3.63) is 12.7 Å². The van der Waals surface area contributed by atoms with E-state index in [9.17, 15) is 9.59 Å². The molecule has 0 rings (SSSR count). The molecule has 0 unspecified atom stereocenters. The molecule has 20 heavy (non-hydrogen) atoms. The predicted octanol–water partition coefficient (Wildman–Crippen LogP) is 2.85. The van der Waals surface area contributed by atoms with Crippen LogP contribution in [0.2, 0.25) is 0 Å². The summed E-state index contributed by atoms with van der Waals surface area (Å²) >= 11 is 0. The van der Waals surface area contributed by atoms with Crippen LogP contribution in [0.3, 0.4) is 0 Å². The molecule has 0 aliphatic rings. The van der Waals surface area contributed by atoms with Crippen LogP contribution in [0.25, 0.3) is 0 Å². The van der Waals surface area contributed by atoms with Gasteiger partial charge >= 0.3 is 5.97 Å². The fraction of sp³-hybridized carbons (Fsp3) is 0.733. The number of hydrogen-bond donors (Lipinski definition) is 0. The number of unbranched alkanes of at least 4 members (excludes halogenated alkanes) is 4. The summed E-state index contributed by atoms with van der Waals surface area (Å²) in [6.45, 7) is 5.06. The second-order valence-electron chi connectivity index (χ2n) is 4.76. The minimum Gasteiger partial charge on any atom is -0.458 e. The highest BCUT2D eigenvalue weighted by atomic mass is 16.7. The molecule has 0 heterocycles. The van der Waals surface area contributed by atoms with Crippen LogP contribution in [0.5, 0.6) is 0 Å². The Balaban J connectivity index is 3.51. The molecule has 0 saturated carbocycles. The first-order chi connectivity index (χ1) is 9.51. The van der Waals surface area contributed by atoms with Gasteiger partial charge in [-0.1, -0.05) is 31.9 Å². The Labute approximate surface area is 121 Å². The second-order valence-corrected chi connectivity index (χ2v) is 4.76. The molecule has 0 aromatic carbocycles. The second kappa shape index (κ2) is 11.5. The van der Waals surface area contributed by atoms with E-state index in [1.807, 2.05) is 0 Å². The van der Waals surface area contributed by atoms with Crippen LogP contribution < -0.4 is 0 Å². The maximum Gasteiger partial charge on any atom is 0.303 e. The van der Waals surface area contributed by atoms with Crippen molar-refractivity contribution in [1.29, 1.82) is 0 Å². The fourth-order valence-corrected chi connectivity index (χ4v) is 1.85. The molecule has 0 aromatic heterocycles. The molecule has 0 bridgehead atoms. The van der Waals surface area contributed by atoms with E-state index >= 15 is 0 Å². The Bertz CT molecular complexity index is 304. The number of esters is 1. The Kier molecular flexibility index (Phi) is 10.7. The third-order valence-corrected chi connectivity index (χ3v) is 3.08. The summed E-state index contributed by atoms with van der Waals surface area (Å²) in [5.74, 6) is -0.259. The van der Waals surface area contributed by atoms with E-state index in [2.05, 4.69) is 6.58 Å². The van der Waals surface area contributed by atoms with Gasteiger partial charge in [-0.3, -0.25) is 14.4 Å². The maximum absolute atomic E-state index is 11.4. The molecule has 5 heteroatoms. The normalized spacial score (nSPS) is 11.8. The van der Waals surface area contributed by atoms with E-state index in [0.717, 1.165) is 38.5 Å². The Morgan fingerprint density at radius 1 is 1.20 bits per heavy atom. The molecule has 5 nitrogen and oxygen atoms in total. The lowest BCUT2D eigenvalue weighted by molar-refractivity contribution is -0.168. The summed E-state index contributed by atoms with van der Waals surface area (Å²) in [5.41, 5.74) is 0. The molecular weight excluding hydrogens is 258 g/mol. The van der Waals surface area contributed by atoms with E-state index < -0.39 is 0 Å². The lowest BCUT2D eigenvalue weighted by atomic mass is 10.1. The number of nitrogens with zero attached hydrogens (tertiary/aromatic N) is 1. The topological polar surface area (TPSA) is 55.8 Å². The van der Waals surface area contributed by atoms with Crippen LogP contribution >= 0.6 is 0 Å². The van der Waals surface area contributed by atoms with Crippen LogP contribution in [0.1, 0.15) is 51.9 Å². The van der Waals surface area contributed by atoms with Crippen molar-refractivity contribution in [3.63, 3.8) is 0 Å². The van der Waals surface area contributed by atoms with Crippen LogP contribution in [-0.2, 0) is 19.2 Å². The van der Waals surface area contributed by atoms with Gasteiger partial charge in [0.05, 0.1) is 7.11 Å². The zero-order valence-electron chi connectivity index (χ0n) is 12.9. The van der Waals surface area contributed by atoms with Crippen molar-refractivity contribution in [2.75, 3.05) is 14.2 Å². The van der Waals surface area contributed by atoms with Gasteiger partial charge in [-0.25, -0.2) is 5.06 Å². The van der Waals surface area contributed by atoms with Crippen molar-refractivity contribution in [3.8, 4) is 0 Å². The first kappa shape index (κ1) is 18.6. The summed E-state index contributed by atoms with van der Waals surface area (Å²) in [7, 11) is 3.10. The van der Waals surface area contributed by atoms with Gasteiger partial charge in [-0.15, -0.1) is 0 Å². The van der Waals surface area contributed by atoms with Gasteiger partial charge in [0.2, 0.25) is 5.91 Å². The minimum atomic E-state index is -0.268. The van der Waals surface area contributed by atoms with Crippen molar-refractivity contribution in [1.82, 2.24) is 5.06 Å². The molecule has 0 aliphatic heterocycles. The average Bonchev–Trinajstić information content (AvgIpc) is 2.43. The quantitative estimate of drug-likeness (QED) is 0.253. The van der Waals surface area contributed by atoms with Gasteiger partial charge in [-0.2, -0.15) is 0 Å². The number of carbonyl (C=O) groups is 2. The standard InChI is InChI=1S/C15H27NO4/c1-5-14(20-13(2)17)11-9-7-6-8-10-12-15(18)16(3)19-4/h5,14H,1,6-12H2,2-4H3/t14-/m1/s1.